The summed E-state index contributed by atoms with van der Waals surface area (Å²) in [6.45, 7) is 7.12. The molecule has 0 aliphatic heterocycles. The van der Waals surface area contributed by atoms with Gasteiger partial charge in [-0.05, 0) is 61.7 Å². The second-order valence-electron chi connectivity index (χ2n) is 8.17. The van der Waals surface area contributed by atoms with Crippen LogP contribution in [0.15, 0.2) is 71.5 Å². The van der Waals surface area contributed by atoms with E-state index in [0.717, 1.165) is 22.4 Å². The molecule has 8 heteroatoms. The third-order valence-corrected chi connectivity index (χ3v) is 5.56. The second kappa shape index (κ2) is 10.7. The van der Waals surface area contributed by atoms with E-state index in [9.17, 15) is 9.59 Å². The number of carbonyl (C=O) groups excluding carboxylic acids is 2. The first kappa shape index (κ1) is 23.8. The fourth-order valence-electron chi connectivity index (χ4n) is 3.64. The molecular formula is C27H28N4O4. The van der Waals surface area contributed by atoms with E-state index in [2.05, 4.69) is 15.7 Å². The van der Waals surface area contributed by atoms with Crippen LogP contribution in [0.2, 0.25) is 0 Å². The number of hydrogen-bond donors (Lipinski definition) is 2. The van der Waals surface area contributed by atoms with Gasteiger partial charge in [0.05, 0.1) is 18.5 Å². The van der Waals surface area contributed by atoms with Gasteiger partial charge in [0.1, 0.15) is 18.1 Å². The van der Waals surface area contributed by atoms with Crippen molar-refractivity contribution in [3.8, 4) is 5.75 Å². The Kier molecular flexibility index (Phi) is 7.30. The number of benzene rings is 2. The molecule has 0 atom stereocenters. The van der Waals surface area contributed by atoms with Crippen molar-refractivity contribution in [2.24, 2.45) is 0 Å². The Balaban J connectivity index is 1.41. The number of aryl methyl sites for hydroxylation is 3. The lowest BCUT2D eigenvalue weighted by Crippen LogP contribution is -2.25. The van der Waals surface area contributed by atoms with Crippen LogP contribution in [0.5, 0.6) is 5.75 Å². The monoisotopic (exact) mass is 472 g/mol. The summed E-state index contributed by atoms with van der Waals surface area (Å²) in [5.74, 6) is 0.770. The Morgan fingerprint density at radius 2 is 1.74 bits per heavy atom. The Morgan fingerprint density at radius 1 is 1.00 bits per heavy atom. The molecule has 180 valence electrons. The molecule has 0 aliphatic rings. The minimum Gasteiger partial charge on any atom is -0.488 e. The van der Waals surface area contributed by atoms with Gasteiger partial charge < -0.3 is 19.8 Å². The number of para-hydroxylation sites is 1. The van der Waals surface area contributed by atoms with Gasteiger partial charge >= 0.3 is 0 Å². The van der Waals surface area contributed by atoms with Gasteiger partial charge in [0.15, 0.2) is 5.69 Å². The number of aromatic nitrogens is 2. The summed E-state index contributed by atoms with van der Waals surface area (Å²) < 4.78 is 12.8. The maximum Gasteiger partial charge on any atom is 0.274 e. The van der Waals surface area contributed by atoms with Gasteiger partial charge in [0.2, 0.25) is 0 Å². The number of nitrogens with one attached hydrogen (secondary N) is 2. The zero-order valence-corrected chi connectivity index (χ0v) is 20.0. The van der Waals surface area contributed by atoms with E-state index in [1.54, 1.807) is 41.4 Å². The van der Waals surface area contributed by atoms with Gasteiger partial charge in [-0.25, -0.2) is 0 Å². The molecule has 2 amide bonds. The number of amides is 2. The van der Waals surface area contributed by atoms with E-state index in [0.29, 0.717) is 30.2 Å². The largest absolute Gasteiger partial charge is 0.488 e. The first-order valence-electron chi connectivity index (χ1n) is 11.4. The van der Waals surface area contributed by atoms with Crippen LogP contribution in [0.3, 0.4) is 0 Å². The van der Waals surface area contributed by atoms with E-state index >= 15 is 0 Å². The van der Waals surface area contributed by atoms with Crippen molar-refractivity contribution >= 4 is 17.5 Å². The number of nitrogens with zero attached hydrogens (tertiary/aromatic N) is 2. The number of rotatable bonds is 9. The normalized spacial score (nSPS) is 10.7. The molecule has 2 N–H and O–H groups in total. The van der Waals surface area contributed by atoms with Gasteiger partial charge in [0, 0.05) is 18.3 Å². The fourth-order valence-corrected chi connectivity index (χ4v) is 3.64. The van der Waals surface area contributed by atoms with Crippen molar-refractivity contribution in [3.05, 3.63) is 101 Å². The highest BCUT2D eigenvalue weighted by Crippen LogP contribution is 2.23. The molecule has 0 radical (unpaired) electrons. The average molecular weight is 473 g/mol. The van der Waals surface area contributed by atoms with E-state index in [1.807, 2.05) is 51.1 Å². The fraction of sp³-hybridized carbons (Fsp3) is 0.222. The van der Waals surface area contributed by atoms with Crippen LogP contribution in [0.4, 0.5) is 5.69 Å². The standard InChI is InChI=1S/C27H28N4O4/c1-4-31-16-23(24(30-31)27(33)28-15-22-9-6-14-34-22)29-26(32)21-12-10-20(11-13-21)17-35-25-18(2)7-5-8-19(25)3/h5-14,16H,4,15,17H2,1-3H3,(H,28,33)(H,29,32). The summed E-state index contributed by atoms with van der Waals surface area (Å²) in [4.78, 5) is 25.6. The lowest BCUT2D eigenvalue weighted by atomic mass is 10.1. The van der Waals surface area contributed by atoms with Gasteiger partial charge in [-0.15, -0.1) is 0 Å². The highest BCUT2D eigenvalue weighted by atomic mass is 16.5. The van der Waals surface area contributed by atoms with Crippen LogP contribution in [0, 0.1) is 13.8 Å². The zero-order chi connectivity index (χ0) is 24.8. The molecule has 35 heavy (non-hydrogen) atoms. The zero-order valence-electron chi connectivity index (χ0n) is 20.0. The molecule has 2 heterocycles. The van der Waals surface area contributed by atoms with Crippen molar-refractivity contribution in [1.82, 2.24) is 15.1 Å². The molecular weight excluding hydrogens is 444 g/mol. The molecule has 0 unspecified atom stereocenters. The summed E-state index contributed by atoms with van der Waals surface area (Å²) in [5, 5.41) is 9.87. The molecule has 4 aromatic rings. The smallest absolute Gasteiger partial charge is 0.274 e. The van der Waals surface area contributed by atoms with Gasteiger partial charge in [-0.3, -0.25) is 14.3 Å². The third-order valence-electron chi connectivity index (χ3n) is 5.56. The summed E-state index contributed by atoms with van der Waals surface area (Å²) in [6.07, 6.45) is 3.19. The number of hydrogen-bond acceptors (Lipinski definition) is 5. The Hall–Kier alpha value is -4.33. The van der Waals surface area contributed by atoms with E-state index < -0.39 is 5.91 Å². The maximum absolute atomic E-state index is 12.9. The first-order valence-corrected chi connectivity index (χ1v) is 11.4. The van der Waals surface area contributed by atoms with Crippen molar-refractivity contribution in [2.45, 2.75) is 40.5 Å². The quantitative estimate of drug-likeness (QED) is 0.362. The molecule has 0 fully saturated rings. The highest BCUT2D eigenvalue weighted by Gasteiger charge is 2.19. The number of anilines is 1. The predicted molar refractivity (Wildman–Crippen MR) is 132 cm³/mol. The molecule has 2 aromatic heterocycles. The molecule has 0 saturated carbocycles. The van der Waals surface area contributed by atoms with Crippen LogP contribution >= 0.6 is 0 Å². The Labute approximate surface area is 203 Å². The van der Waals surface area contributed by atoms with Crippen LogP contribution in [-0.2, 0) is 19.7 Å². The minimum absolute atomic E-state index is 0.144. The SMILES string of the molecule is CCn1cc(NC(=O)c2ccc(COc3c(C)cccc3C)cc2)c(C(=O)NCc2ccco2)n1. The van der Waals surface area contributed by atoms with E-state index in [4.69, 9.17) is 9.15 Å². The lowest BCUT2D eigenvalue weighted by Gasteiger charge is -2.12. The predicted octanol–water partition coefficient (Wildman–Crippen LogP) is 4.87. The highest BCUT2D eigenvalue weighted by molar-refractivity contribution is 6.08. The first-order chi connectivity index (χ1) is 16.9. The minimum atomic E-state index is -0.400. The van der Waals surface area contributed by atoms with Crippen molar-refractivity contribution < 1.29 is 18.7 Å². The van der Waals surface area contributed by atoms with Crippen LogP contribution in [0.1, 0.15) is 50.2 Å². The lowest BCUT2D eigenvalue weighted by molar-refractivity contribution is 0.0943. The van der Waals surface area contributed by atoms with Crippen LogP contribution in [0.25, 0.3) is 0 Å². The van der Waals surface area contributed by atoms with Crippen molar-refractivity contribution in [3.63, 3.8) is 0 Å². The molecule has 4 rings (SSSR count). The maximum atomic E-state index is 12.9. The Bertz CT molecular complexity index is 1290. The van der Waals surface area contributed by atoms with Gasteiger partial charge in [-0.1, -0.05) is 30.3 Å². The van der Waals surface area contributed by atoms with Crippen LogP contribution < -0.4 is 15.4 Å². The molecule has 0 saturated heterocycles. The summed E-state index contributed by atoms with van der Waals surface area (Å²) >= 11 is 0. The number of furan rings is 1. The van der Waals surface area contributed by atoms with Gasteiger partial charge in [0.25, 0.3) is 11.8 Å². The number of carbonyl (C=O) groups is 2. The average Bonchev–Trinajstić information content (AvgIpc) is 3.52. The summed E-state index contributed by atoms with van der Waals surface area (Å²) in [7, 11) is 0. The molecule has 0 aliphatic carbocycles. The molecule has 0 spiro atoms. The van der Waals surface area contributed by atoms with E-state index in [-0.39, 0.29) is 18.1 Å². The van der Waals surface area contributed by atoms with Gasteiger partial charge in [-0.2, -0.15) is 5.10 Å². The molecule has 8 nitrogen and oxygen atoms in total. The Morgan fingerprint density at radius 3 is 2.40 bits per heavy atom. The summed E-state index contributed by atoms with van der Waals surface area (Å²) in [5.41, 5.74) is 4.06. The molecule has 0 bridgehead atoms. The van der Waals surface area contributed by atoms with Crippen molar-refractivity contribution in [2.75, 3.05) is 5.32 Å². The topological polar surface area (TPSA) is 98.4 Å². The third kappa shape index (κ3) is 5.78. The summed E-state index contributed by atoms with van der Waals surface area (Å²) in [6, 6.07) is 16.7. The van der Waals surface area contributed by atoms with Crippen LogP contribution in [-0.4, -0.2) is 21.6 Å². The molecule has 2 aromatic carbocycles. The second-order valence-corrected chi connectivity index (χ2v) is 8.17. The number of ether oxygens (including phenoxy) is 1. The van der Waals surface area contributed by atoms with Crippen molar-refractivity contribution in [1.29, 1.82) is 0 Å². The van der Waals surface area contributed by atoms with E-state index in [1.165, 1.54) is 0 Å².